The molecule has 72 valence electrons. The largest absolute Gasteiger partial charge is 0.383 e. The Hall–Kier alpha value is -1.62. The van der Waals surface area contributed by atoms with E-state index in [0.717, 1.165) is 5.56 Å². The maximum Gasteiger partial charge on any atom is 0.256 e. The molecule has 0 unspecified atom stereocenters. The second-order valence-electron chi connectivity index (χ2n) is 2.94. The van der Waals surface area contributed by atoms with Crippen LogP contribution < -0.4 is 11.3 Å². The molecule has 2 heterocycles. The highest BCUT2D eigenvalue weighted by Crippen LogP contribution is 2.17. The van der Waals surface area contributed by atoms with Gasteiger partial charge < -0.3 is 10.7 Å². The number of anilines is 1. The van der Waals surface area contributed by atoms with Crippen molar-refractivity contribution in [3.8, 4) is 11.4 Å². The Bertz CT molecular complexity index is 501. The smallest absolute Gasteiger partial charge is 0.256 e. The fourth-order valence-electron chi connectivity index (χ4n) is 1.09. The van der Waals surface area contributed by atoms with Gasteiger partial charge in [-0.15, -0.1) is 0 Å². The van der Waals surface area contributed by atoms with E-state index >= 15 is 0 Å². The zero-order valence-electron chi connectivity index (χ0n) is 7.57. The van der Waals surface area contributed by atoms with Crippen LogP contribution >= 0.6 is 11.3 Å². The standard InChI is InChI=1S/C9H9N3OS/c1-5-7(10)11-8(12-9(5)13)6-2-3-14-4-6/h2-4H,1H3,(H3,10,11,12,13). The lowest BCUT2D eigenvalue weighted by Crippen LogP contribution is -2.15. The molecule has 0 spiro atoms. The molecule has 3 N–H and O–H groups in total. The van der Waals surface area contributed by atoms with Gasteiger partial charge in [0.05, 0.1) is 5.56 Å². The van der Waals surface area contributed by atoms with Gasteiger partial charge in [-0.05, 0) is 18.4 Å². The third-order valence-corrected chi connectivity index (χ3v) is 2.67. The van der Waals surface area contributed by atoms with Crippen molar-refractivity contribution in [2.45, 2.75) is 6.92 Å². The summed E-state index contributed by atoms with van der Waals surface area (Å²) in [5, 5.41) is 3.83. The van der Waals surface area contributed by atoms with Crippen LogP contribution in [0.3, 0.4) is 0 Å². The molecule has 5 heteroatoms. The molecule has 2 aromatic heterocycles. The summed E-state index contributed by atoms with van der Waals surface area (Å²) in [7, 11) is 0. The van der Waals surface area contributed by atoms with Crippen molar-refractivity contribution >= 4 is 17.2 Å². The normalized spacial score (nSPS) is 10.4. The van der Waals surface area contributed by atoms with Crippen molar-refractivity contribution in [3.63, 3.8) is 0 Å². The van der Waals surface area contributed by atoms with E-state index in [1.807, 2.05) is 16.8 Å². The van der Waals surface area contributed by atoms with E-state index in [1.165, 1.54) is 0 Å². The second-order valence-corrected chi connectivity index (χ2v) is 3.72. The summed E-state index contributed by atoms with van der Waals surface area (Å²) >= 11 is 1.55. The van der Waals surface area contributed by atoms with Crippen LogP contribution in [0.5, 0.6) is 0 Å². The lowest BCUT2D eigenvalue weighted by atomic mass is 10.3. The predicted octanol–water partition coefficient (Wildman–Crippen LogP) is 1.39. The molecule has 0 aliphatic carbocycles. The number of hydrogen-bond acceptors (Lipinski definition) is 4. The zero-order chi connectivity index (χ0) is 10.1. The van der Waals surface area contributed by atoms with Crippen LogP contribution in [0.2, 0.25) is 0 Å². The lowest BCUT2D eigenvalue weighted by Gasteiger charge is -2.01. The summed E-state index contributed by atoms with van der Waals surface area (Å²) in [4.78, 5) is 18.2. The van der Waals surface area contributed by atoms with E-state index in [2.05, 4.69) is 9.97 Å². The molecule has 2 aromatic rings. The molecule has 2 rings (SSSR count). The van der Waals surface area contributed by atoms with Gasteiger partial charge >= 0.3 is 0 Å². The summed E-state index contributed by atoms with van der Waals surface area (Å²) in [5.41, 5.74) is 6.77. The number of hydrogen-bond donors (Lipinski definition) is 2. The molecular formula is C9H9N3OS. The maximum absolute atomic E-state index is 11.4. The fourth-order valence-corrected chi connectivity index (χ4v) is 1.73. The van der Waals surface area contributed by atoms with Crippen molar-refractivity contribution in [1.82, 2.24) is 9.97 Å². The van der Waals surface area contributed by atoms with Gasteiger partial charge in [0.25, 0.3) is 5.56 Å². The average Bonchev–Trinajstić information content (AvgIpc) is 2.66. The number of nitrogens with one attached hydrogen (secondary N) is 1. The Labute approximate surface area is 84.4 Å². The first-order valence-corrected chi connectivity index (χ1v) is 5.01. The zero-order valence-corrected chi connectivity index (χ0v) is 8.39. The number of nitrogen functional groups attached to an aromatic ring is 1. The molecule has 0 radical (unpaired) electrons. The van der Waals surface area contributed by atoms with E-state index in [-0.39, 0.29) is 11.4 Å². The lowest BCUT2D eigenvalue weighted by molar-refractivity contribution is 1.10. The molecular weight excluding hydrogens is 198 g/mol. The Morgan fingerprint density at radius 3 is 2.93 bits per heavy atom. The van der Waals surface area contributed by atoms with Crippen LogP contribution in [0.15, 0.2) is 21.6 Å². The van der Waals surface area contributed by atoms with Gasteiger partial charge in [0, 0.05) is 10.9 Å². The first kappa shape index (κ1) is 8.96. The molecule has 0 fully saturated rings. The first-order valence-electron chi connectivity index (χ1n) is 4.07. The molecule has 0 atom stereocenters. The Morgan fingerprint density at radius 1 is 1.57 bits per heavy atom. The predicted molar refractivity (Wildman–Crippen MR) is 57.3 cm³/mol. The van der Waals surface area contributed by atoms with Crippen molar-refractivity contribution in [2.24, 2.45) is 0 Å². The Kier molecular flexibility index (Phi) is 2.09. The van der Waals surface area contributed by atoms with E-state index < -0.39 is 0 Å². The highest BCUT2D eigenvalue weighted by atomic mass is 32.1. The molecule has 0 saturated heterocycles. The van der Waals surface area contributed by atoms with Gasteiger partial charge in [0.1, 0.15) is 11.6 Å². The summed E-state index contributed by atoms with van der Waals surface area (Å²) in [6.45, 7) is 1.65. The summed E-state index contributed by atoms with van der Waals surface area (Å²) in [6, 6.07) is 1.89. The minimum absolute atomic E-state index is 0.182. The molecule has 0 bridgehead atoms. The number of nitrogens with two attached hydrogens (primary N) is 1. The number of aromatic nitrogens is 2. The van der Waals surface area contributed by atoms with Crippen LogP contribution in [0.1, 0.15) is 5.56 Å². The number of nitrogens with zero attached hydrogens (tertiary/aromatic N) is 1. The van der Waals surface area contributed by atoms with Crippen molar-refractivity contribution < 1.29 is 0 Å². The number of rotatable bonds is 1. The van der Waals surface area contributed by atoms with Crippen LogP contribution in [0, 0.1) is 6.92 Å². The molecule has 0 aliphatic heterocycles. The third-order valence-electron chi connectivity index (χ3n) is 1.98. The van der Waals surface area contributed by atoms with E-state index in [9.17, 15) is 4.79 Å². The summed E-state index contributed by atoms with van der Waals surface area (Å²) < 4.78 is 0. The highest BCUT2D eigenvalue weighted by Gasteiger charge is 2.05. The molecule has 0 aliphatic rings. The molecule has 4 nitrogen and oxygen atoms in total. The van der Waals surface area contributed by atoms with Crippen LogP contribution in [0.25, 0.3) is 11.4 Å². The average molecular weight is 207 g/mol. The maximum atomic E-state index is 11.4. The SMILES string of the molecule is Cc1c(N)nc(-c2ccsc2)[nH]c1=O. The van der Waals surface area contributed by atoms with E-state index in [4.69, 9.17) is 5.73 Å². The number of H-pyrrole nitrogens is 1. The monoisotopic (exact) mass is 207 g/mol. The van der Waals surface area contributed by atoms with Gasteiger partial charge in [-0.1, -0.05) is 0 Å². The van der Waals surface area contributed by atoms with Gasteiger partial charge in [0.15, 0.2) is 0 Å². The molecule has 0 aromatic carbocycles. The third kappa shape index (κ3) is 1.42. The van der Waals surface area contributed by atoms with Crippen LogP contribution in [0.4, 0.5) is 5.82 Å². The van der Waals surface area contributed by atoms with Crippen LogP contribution in [-0.2, 0) is 0 Å². The fraction of sp³-hybridized carbons (Fsp3) is 0.111. The van der Waals surface area contributed by atoms with Gasteiger partial charge in [-0.3, -0.25) is 4.79 Å². The first-order chi connectivity index (χ1) is 6.68. The van der Waals surface area contributed by atoms with E-state index in [1.54, 1.807) is 18.3 Å². The number of thiophene rings is 1. The summed E-state index contributed by atoms with van der Waals surface area (Å²) in [5.74, 6) is 0.814. The van der Waals surface area contributed by atoms with Gasteiger partial charge in [0.2, 0.25) is 0 Å². The topological polar surface area (TPSA) is 71.8 Å². The summed E-state index contributed by atoms with van der Waals surface area (Å²) in [6.07, 6.45) is 0. The Balaban J connectivity index is 2.63. The minimum Gasteiger partial charge on any atom is -0.383 e. The number of aromatic amines is 1. The van der Waals surface area contributed by atoms with Gasteiger partial charge in [-0.2, -0.15) is 11.3 Å². The highest BCUT2D eigenvalue weighted by molar-refractivity contribution is 7.08. The molecule has 0 amide bonds. The Morgan fingerprint density at radius 2 is 2.36 bits per heavy atom. The van der Waals surface area contributed by atoms with Crippen molar-refractivity contribution in [3.05, 3.63) is 32.7 Å². The molecule has 14 heavy (non-hydrogen) atoms. The van der Waals surface area contributed by atoms with E-state index in [0.29, 0.717) is 11.4 Å². The van der Waals surface area contributed by atoms with Crippen molar-refractivity contribution in [2.75, 3.05) is 5.73 Å². The van der Waals surface area contributed by atoms with Crippen molar-refractivity contribution in [1.29, 1.82) is 0 Å². The van der Waals surface area contributed by atoms with Gasteiger partial charge in [-0.25, -0.2) is 4.98 Å². The van der Waals surface area contributed by atoms with Crippen LogP contribution in [-0.4, -0.2) is 9.97 Å². The minimum atomic E-state index is -0.182. The molecule has 0 saturated carbocycles. The quantitative estimate of drug-likeness (QED) is 0.742. The second kappa shape index (κ2) is 3.26.